The van der Waals surface area contributed by atoms with Gasteiger partial charge in [0.15, 0.2) is 0 Å². The smallest absolute Gasteiger partial charge is 0.338 e. The van der Waals surface area contributed by atoms with Crippen LogP contribution in [0.15, 0.2) is 84.9 Å². The molecule has 2 bridgehead atoms. The van der Waals surface area contributed by atoms with E-state index in [1.165, 1.54) is 4.90 Å². The van der Waals surface area contributed by atoms with Crippen molar-refractivity contribution in [3.05, 3.63) is 107 Å². The Balaban J connectivity index is 1.40. The maximum Gasteiger partial charge on any atom is 0.338 e. The number of imide groups is 1. The number of anilines is 1. The molecule has 2 amide bonds. The Kier molecular flexibility index (Phi) is 4.18. The summed E-state index contributed by atoms with van der Waals surface area (Å²) < 4.78 is 5.24. The van der Waals surface area contributed by atoms with E-state index in [1.54, 1.807) is 31.2 Å². The summed E-state index contributed by atoms with van der Waals surface area (Å²) in [6.45, 7) is 5.15. The summed E-state index contributed by atoms with van der Waals surface area (Å²) in [5.41, 5.74) is 5.37. The molecule has 162 valence electrons. The number of rotatable bonds is 3. The number of carbonyl (C=O) groups excluding carboxylic acids is 3. The average Bonchev–Trinajstić information content (AvgIpc) is 3.10. The number of ether oxygens (including phenoxy) is 1. The van der Waals surface area contributed by atoms with Crippen molar-refractivity contribution in [2.75, 3.05) is 4.90 Å². The molecule has 0 N–H and O–H groups in total. The predicted octanol–water partition coefficient (Wildman–Crippen LogP) is 4.56. The molecule has 3 aromatic rings. The monoisotopic (exact) mass is 435 g/mol. The lowest BCUT2D eigenvalue weighted by molar-refractivity contribution is -0.130. The summed E-state index contributed by atoms with van der Waals surface area (Å²) in [5, 5.41) is 0. The fourth-order valence-electron chi connectivity index (χ4n) is 5.79. The molecule has 0 aromatic heterocycles. The van der Waals surface area contributed by atoms with Gasteiger partial charge >= 0.3 is 5.97 Å². The van der Waals surface area contributed by atoms with Crippen LogP contribution in [0.2, 0.25) is 0 Å². The number of benzene rings is 3. The zero-order chi connectivity index (χ0) is 22.9. The van der Waals surface area contributed by atoms with Crippen molar-refractivity contribution >= 4 is 23.5 Å². The average molecular weight is 435 g/mol. The number of amides is 2. The summed E-state index contributed by atoms with van der Waals surface area (Å²) in [6, 6.07) is 22.8. The molecule has 1 fully saturated rings. The Labute approximate surface area is 191 Å². The molecule has 0 saturated carbocycles. The van der Waals surface area contributed by atoms with E-state index in [9.17, 15) is 14.4 Å². The Morgan fingerprint density at radius 3 is 1.58 bits per heavy atom. The first-order valence-electron chi connectivity index (χ1n) is 11.0. The van der Waals surface area contributed by atoms with Gasteiger partial charge in [-0.05, 0) is 53.4 Å². The normalized spacial score (nSPS) is 24.2. The Morgan fingerprint density at radius 2 is 1.18 bits per heavy atom. The van der Waals surface area contributed by atoms with Crippen molar-refractivity contribution < 1.29 is 19.1 Å². The highest BCUT2D eigenvalue weighted by molar-refractivity contribution is 6.23. The highest BCUT2D eigenvalue weighted by Gasteiger charge is 2.61. The molecule has 1 aliphatic heterocycles. The van der Waals surface area contributed by atoms with Crippen LogP contribution in [0.25, 0.3) is 0 Å². The second-order valence-corrected chi connectivity index (χ2v) is 8.94. The molecule has 5 nitrogen and oxygen atoms in total. The van der Waals surface area contributed by atoms with Crippen LogP contribution in [0.4, 0.5) is 5.69 Å². The SMILES string of the molecule is C=C(C)C(=O)Oc1ccc(N2C(=O)C3C4c5ccccc5C(c5ccccc54)C3C2=O)cc1. The van der Waals surface area contributed by atoms with E-state index in [2.05, 4.69) is 30.8 Å². The lowest BCUT2D eigenvalue weighted by Gasteiger charge is -2.45. The predicted molar refractivity (Wildman–Crippen MR) is 123 cm³/mol. The maximum atomic E-state index is 13.7. The molecule has 33 heavy (non-hydrogen) atoms. The molecular formula is C28H21NO4. The van der Waals surface area contributed by atoms with Crippen molar-refractivity contribution in [1.82, 2.24) is 0 Å². The van der Waals surface area contributed by atoms with E-state index in [0.29, 0.717) is 17.0 Å². The standard InChI is InChI=1S/C28H21NO4/c1-15(2)28(32)33-17-13-11-16(12-14-17)29-26(30)24-22-18-7-3-4-8-19(18)23(25(24)27(29)31)21-10-6-5-9-20(21)22/h3-14,22-25H,1H2,2H3. The van der Waals surface area contributed by atoms with Gasteiger partial charge in [-0.25, -0.2) is 9.69 Å². The Bertz CT molecular complexity index is 1240. The topological polar surface area (TPSA) is 63.7 Å². The first-order chi connectivity index (χ1) is 16.0. The zero-order valence-corrected chi connectivity index (χ0v) is 18.0. The number of hydrogen-bond acceptors (Lipinski definition) is 4. The number of nitrogens with zero attached hydrogens (tertiary/aromatic N) is 1. The van der Waals surface area contributed by atoms with Crippen molar-refractivity contribution in [2.45, 2.75) is 18.8 Å². The van der Waals surface area contributed by atoms with Gasteiger partial charge in [0.1, 0.15) is 5.75 Å². The van der Waals surface area contributed by atoms with Gasteiger partial charge in [0.2, 0.25) is 11.8 Å². The highest BCUT2D eigenvalue weighted by atomic mass is 16.5. The molecule has 3 aliphatic carbocycles. The molecule has 0 spiro atoms. The van der Waals surface area contributed by atoms with Gasteiger partial charge in [-0.3, -0.25) is 9.59 Å². The van der Waals surface area contributed by atoms with Crippen LogP contribution in [0.5, 0.6) is 5.75 Å². The molecule has 0 radical (unpaired) electrons. The summed E-state index contributed by atoms with van der Waals surface area (Å²) >= 11 is 0. The largest absolute Gasteiger partial charge is 0.423 e. The second-order valence-electron chi connectivity index (χ2n) is 8.94. The van der Waals surface area contributed by atoms with Crippen LogP contribution in [0.3, 0.4) is 0 Å². The van der Waals surface area contributed by atoms with Gasteiger partial charge in [-0.15, -0.1) is 0 Å². The van der Waals surface area contributed by atoms with E-state index in [0.717, 1.165) is 22.3 Å². The van der Waals surface area contributed by atoms with Crippen molar-refractivity contribution in [1.29, 1.82) is 0 Å². The minimum atomic E-state index is -0.519. The van der Waals surface area contributed by atoms with E-state index in [-0.39, 0.29) is 23.7 Å². The Morgan fingerprint density at radius 1 is 0.758 bits per heavy atom. The maximum absolute atomic E-state index is 13.7. The van der Waals surface area contributed by atoms with Crippen LogP contribution in [0.1, 0.15) is 41.0 Å². The summed E-state index contributed by atoms with van der Waals surface area (Å²) in [4.78, 5) is 40.5. The van der Waals surface area contributed by atoms with Gasteiger partial charge in [0.05, 0.1) is 17.5 Å². The fraction of sp³-hybridized carbons (Fsp3) is 0.179. The van der Waals surface area contributed by atoms with Gasteiger partial charge in [-0.2, -0.15) is 0 Å². The lowest BCUT2D eigenvalue weighted by atomic mass is 9.55. The van der Waals surface area contributed by atoms with Crippen LogP contribution >= 0.6 is 0 Å². The fourth-order valence-corrected chi connectivity index (χ4v) is 5.79. The molecule has 1 saturated heterocycles. The van der Waals surface area contributed by atoms with Crippen LogP contribution in [-0.2, 0) is 14.4 Å². The van der Waals surface area contributed by atoms with E-state index in [1.807, 2.05) is 24.3 Å². The van der Waals surface area contributed by atoms with Crippen LogP contribution in [0, 0.1) is 11.8 Å². The Hall–Kier alpha value is -3.99. The zero-order valence-electron chi connectivity index (χ0n) is 18.0. The number of carbonyl (C=O) groups is 3. The summed E-state index contributed by atoms with van der Waals surface area (Å²) in [5.74, 6) is -1.64. The highest BCUT2D eigenvalue weighted by Crippen LogP contribution is 2.61. The minimum absolute atomic E-state index is 0.135. The minimum Gasteiger partial charge on any atom is -0.423 e. The lowest BCUT2D eigenvalue weighted by Crippen LogP contribution is -2.41. The number of esters is 1. The third-order valence-electron chi connectivity index (χ3n) is 7.10. The molecule has 2 unspecified atom stereocenters. The van der Waals surface area contributed by atoms with Crippen molar-refractivity contribution in [3.8, 4) is 5.75 Å². The van der Waals surface area contributed by atoms with E-state index < -0.39 is 17.8 Å². The van der Waals surface area contributed by atoms with Gasteiger partial charge in [0, 0.05) is 17.4 Å². The quantitative estimate of drug-likeness (QED) is 0.262. The molecule has 2 atom stereocenters. The number of hydrogen-bond donors (Lipinski definition) is 0. The summed E-state index contributed by atoms with van der Waals surface area (Å²) in [6.07, 6.45) is 0. The first kappa shape index (κ1) is 19.7. The van der Waals surface area contributed by atoms with Crippen LogP contribution < -0.4 is 9.64 Å². The van der Waals surface area contributed by atoms with Crippen molar-refractivity contribution in [2.24, 2.45) is 11.8 Å². The van der Waals surface area contributed by atoms with Gasteiger partial charge < -0.3 is 4.74 Å². The van der Waals surface area contributed by atoms with E-state index in [4.69, 9.17) is 4.74 Å². The third-order valence-corrected chi connectivity index (χ3v) is 7.10. The first-order valence-corrected chi connectivity index (χ1v) is 11.0. The van der Waals surface area contributed by atoms with E-state index >= 15 is 0 Å². The molecule has 7 rings (SSSR count). The van der Waals surface area contributed by atoms with Crippen LogP contribution in [-0.4, -0.2) is 17.8 Å². The van der Waals surface area contributed by atoms with Gasteiger partial charge in [0.25, 0.3) is 0 Å². The second kappa shape index (κ2) is 7.01. The van der Waals surface area contributed by atoms with Crippen molar-refractivity contribution in [3.63, 3.8) is 0 Å². The molecule has 5 heteroatoms. The third kappa shape index (κ3) is 2.68. The summed E-state index contributed by atoms with van der Waals surface area (Å²) in [7, 11) is 0. The molecule has 1 heterocycles. The molecular weight excluding hydrogens is 414 g/mol. The molecule has 4 aliphatic rings. The van der Waals surface area contributed by atoms with Gasteiger partial charge in [-0.1, -0.05) is 55.1 Å². The molecule has 3 aromatic carbocycles.